The van der Waals surface area contributed by atoms with E-state index in [2.05, 4.69) is 29.8 Å². The molecule has 3 N–H and O–H groups in total. The Morgan fingerprint density at radius 3 is 1.73 bits per heavy atom. The molecule has 2 amide bonds. The summed E-state index contributed by atoms with van der Waals surface area (Å²) in [5, 5.41) is 8.98. The van der Waals surface area contributed by atoms with E-state index >= 15 is 0 Å². The van der Waals surface area contributed by atoms with Gasteiger partial charge in [0, 0.05) is 24.2 Å². The smallest absolute Gasteiger partial charge is 0.226 e. The molecule has 0 fully saturated rings. The van der Waals surface area contributed by atoms with Crippen LogP contribution in [0.1, 0.15) is 117 Å². The van der Waals surface area contributed by atoms with Crippen molar-refractivity contribution in [2.75, 3.05) is 10.6 Å². The van der Waals surface area contributed by atoms with Gasteiger partial charge >= 0.3 is 0 Å². The molecule has 33 heavy (non-hydrogen) atoms. The molecular weight excluding hydrogens is 430 g/mol. The minimum Gasteiger partial charge on any atom is -0.332 e. The van der Waals surface area contributed by atoms with E-state index in [9.17, 15) is 9.59 Å². The average molecular weight is 476 g/mol. The second-order valence-corrected chi connectivity index (χ2v) is 9.28. The van der Waals surface area contributed by atoms with Crippen LogP contribution in [0.5, 0.6) is 0 Å². The van der Waals surface area contributed by atoms with Crippen LogP contribution in [-0.4, -0.2) is 16.9 Å². The van der Waals surface area contributed by atoms with E-state index in [4.69, 9.17) is 12.2 Å². The van der Waals surface area contributed by atoms with Crippen molar-refractivity contribution in [3.63, 3.8) is 0 Å². The van der Waals surface area contributed by atoms with Crippen molar-refractivity contribution >= 4 is 40.5 Å². The van der Waals surface area contributed by atoms with Gasteiger partial charge in [-0.3, -0.25) is 9.59 Å². The van der Waals surface area contributed by atoms with E-state index in [-0.39, 0.29) is 16.9 Å². The van der Waals surface area contributed by atoms with Crippen LogP contribution in [0.4, 0.5) is 11.4 Å². The van der Waals surface area contributed by atoms with E-state index < -0.39 is 0 Å². The number of carbonyl (C=O) groups is 2. The molecule has 0 unspecified atom stereocenters. The molecule has 186 valence electrons. The molecule has 0 aliphatic rings. The monoisotopic (exact) mass is 475 g/mol. The first-order valence-electron chi connectivity index (χ1n) is 13.1. The number of amides is 2. The Morgan fingerprint density at radius 2 is 1.12 bits per heavy atom. The molecule has 0 atom stereocenters. The third kappa shape index (κ3) is 16.3. The fourth-order valence-corrected chi connectivity index (χ4v) is 3.97. The average Bonchev–Trinajstić information content (AvgIpc) is 2.77. The molecule has 0 aromatic heterocycles. The second-order valence-electron chi connectivity index (χ2n) is 8.87. The van der Waals surface area contributed by atoms with E-state index in [0.29, 0.717) is 12.8 Å². The lowest BCUT2D eigenvalue weighted by Crippen LogP contribution is -2.33. The van der Waals surface area contributed by atoms with Crippen LogP contribution in [0.25, 0.3) is 0 Å². The number of thiocarbonyl (C=S) groups is 1. The second kappa shape index (κ2) is 19.5. The van der Waals surface area contributed by atoms with Gasteiger partial charge in [-0.25, -0.2) is 0 Å². The Balaban J connectivity index is 2.15. The zero-order valence-electron chi connectivity index (χ0n) is 20.8. The molecular formula is C27H45N3O2S. The van der Waals surface area contributed by atoms with E-state index in [1.54, 1.807) is 0 Å². The summed E-state index contributed by atoms with van der Waals surface area (Å²) in [5.74, 6) is -0.0349. The molecule has 0 aliphatic heterocycles. The van der Waals surface area contributed by atoms with Gasteiger partial charge in [-0.2, -0.15) is 0 Å². The lowest BCUT2D eigenvalue weighted by Gasteiger charge is -2.11. The summed E-state index contributed by atoms with van der Waals surface area (Å²) in [6.45, 7) is 4.37. The number of hydrogen-bond donors (Lipinski definition) is 3. The highest BCUT2D eigenvalue weighted by Crippen LogP contribution is 2.16. The maximum Gasteiger partial charge on any atom is 0.226 e. The van der Waals surface area contributed by atoms with Crippen molar-refractivity contribution in [1.29, 1.82) is 0 Å². The standard InChI is InChI=1S/C27H45N3O2S/c1-3-5-7-8-9-10-11-12-13-14-16-21-26(32)30-27(33)29-24-19-17-18-23(22-24)28-25(31)20-15-6-4-2/h17-19,22H,3-16,20-21H2,1-2H3,(H,28,31)(H2,29,30,32,33). The van der Waals surface area contributed by atoms with Crippen LogP contribution in [0.15, 0.2) is 24.3 Å². The summed E-state index contributed by atoms with van der Waals surface area (Å²) in [7, 11) is 0. The van der Waals surface area contributed by atoms with Crippen LogP contribution in [-0.2, 0) is 9.59 Å². The summed E-state index contributed by atoms with van der Waals surface area (Å²) < 4.78 is 0. The van der Waals surface area contributed by atoms with E-state index in [1.165, 1.54) is 57.8 Å². The highest BCUT2D eigenvalue weighted by atomic mass is 32.1. The summed E-state index contributed by atoms with van der Waals surface area (Å²) in [5.41, 5.74) is 1.46. The molecule has 0 heterocycles. The minimum absolute atomic E-state index is 0.0171. The Labute approximate surface area is 206 Å². The number of benzene rings is 1. The van der Waals surface area contributed by atoms with Crippen molar-refractivity contribution in [1.82, 2.24) is 5.32 Å². The van der Waals surface area contributed by atoms with Gasteiger partial charge in [-0.1, -0.05) is 97.0 Å². The van der Waals surface area contributed by atoms with Gasteiger partial charge in [0.25, 0.3) is 0 Å². The Morgan fingerprint density at radius 1 is 0.667 bits per heavy atom. The maximum atomic E-state index is 12.1. The molecule has 0 spiro atoms. The fourth-order valence-electron chi connectivity index (χ4n) is 3.73. The van der Waals surface area contributed by atoms with E-state index in [0.717, 1.165) is 43.5 Å². The zero-order valence-corrected chi connectivity index (χ0v) is 21.7. The predicted octanol–water partition coefficient (Wildman–Crippen LogP) is 7.72. The number of anilines is 2. The van der Waals surface area contributed by atoms with Gasteiger partial charge in [0.1, 0.15) is 0 Å². The predicted molar refractivity (Wildman–Crippen MR) is 145 cm³/mol. The zero-order chi connectivity index (χ0) is 24.2. The largest absolute Gasteiger partial charge is 0.332 e. The molecule has 0 saturated heterocycles. The van der Waals surface area contributed by atoms with Crippen molar-refractivity contribution in [2.24, 2.45) is 0 Å². The number of nitrogens with one attached hydrogen (secondary N) is 3. The minimum atomic E-state index is -0.0520. The first-order chi connectivity index (χ1) is 16.0. The summed E-state index contributed by atoms with van der Waals surface area (Å²) in [6, 6.07) is 7.37. The van der Waals surface area contributed by atoms with Gasteiger partial charge in [0.05, 0.1) is 0 Å². The lowest BCUT2D eigenvalue weighted by atomic mass is 10.1. The van der Waals surface area contributed by atoms with Crippen molar-refractivity contribution in [2.45, 2.75) is 117 Å². The Hall–Kier alpha value is -1.95. The summed E-state index contributed by atoms with van der Waals surface area (Å²) in [6.07, 6.45) is 17.9. The third-order valence-electron chi connectivity index (χ3n) is 5.67. The Bertz CT molecular complexity index is 694. The SMILES string of the molecule is CCCCCCCCCCCCCC(=O)NC(=S)Nc1cccc(NC(=O)CCCCC)c1. The molecule has 0 saturated carbocycles. The first kappa shape index (κ1) is 29.1. The summed E-state index contributed by atoms with van der Waals surface area (Å²) in [4.78, 5) is 24.1. The molecule has 1 aromatic carbocycles. The molecule has 0 aliphatic carbocycles. The number of rotatable bonds is 18. The molecule has 0 bridgehead atoms. The van der Waals surface area contributed by atoms with Crippen LogP contribution in [0, 0.1) is 0 Å². The number of hydrogen-bond acceptors (Lipinski definition) is 3. The quantitative estimate of drug-likeness (QED) is 0.150. The van der Waals surface area contributed by atoms with Crippen LogP contribution >= 0.6 is 12.2 Å². The third-order valence-corrected chi connectivity index (χ3v) is 5.88. The topological polar surface area (TPSA) is 70.2 Å². The van der Waals surface area contributed by atoms with Crippen molar-refractivity contribution in [3.8, 4) is 0 Å². The fraction of sp³-hybridized carbons (Fsp3) is 0.667. The molecule has 6 heteroatoms. The van der Waals surface area contributed by atoms with Crippen molar-refractivity contribution < 1.29 is 9.59 Å². The van der Waals surface area contributed by atoms with Gasteiger partial charge < -0.3 is 16.0 Å². The van der Waals surface area contributed by atoms with Crippen molar-refractivity contribution in [3.05, 3.63) is 24.3 Å². The van der Waals surface area contributed by atoms with E-state index in [1.807, 2.05) is 24.3 Å². The lowest BCUT2D eigenvalue weighted by molar-refractivity contribution is -0.119. The van der Waals surface area contributed by atoms with Crippen LogP contribution in [0.2, 0.25) is 0 Å². The van der Waals surface area contributed by atoms with Gasteiger partial charge in [0.2, 0.25) is 11.8 Å². The normalized spacial score (nSPS) is 10.6. The maximum absolute atomic E-state index is 12.1. The molecule has 1 rings (SSSR count). The summed E-state index contributed by atoms with van der Waals surface area (Å²) >= 11 is 5.27. The molecule has 1 aromatic rings. The highest BCUT2D eigenvalue weighted by molar-refractivity contribution is 7.80. The number of unbranched alkanes of at least 4 members (excludes halogenated alkanes) is 12. The van der Waals surface area contributed by atoms with Gasteiger partial charge in [-0.15, -0.1) is 0 Å². The molecule has 5 nitrogen and oxygen atoms in total. The first-order valence-corrected chi connectivity index (χ1v) is 13.5. The van der Waals surface area contributed by atoms with Gasteiger partial charge in [0.15, 0.2) is 5.11 Å². The Kier molecular flexibility index (Phi) is 17.2. The highest BCUT2D eigenvalue weighted by Gasteiger charge is 2.07. The van der Waals surface area contributed by atoms with Gasteiger partial charge in [-0.05, 0) is 43.3 Å². The van der Waals surface area contributed by atoms with Crippen LogP contribution < -0.4 is 16.0 Å². The van der Waals surface area contributed by atoms with Crippen LogP contribution in [0.3, 0.4) is 0 Å². The molecule has 0 radical (unpaired) electrons. The number of carbonyl (C=O) groups excluding carboxylic acids is 2.